The van der Waals surface area contributed by atoms with E-state index in [9.17, 15) is 10.1 Å². The maximum Gasteiger partial charge on any atom is 0.315 e. The van der Waals surface area contributed by atoms with Gasteiger partial charge in [0.25, 0.3) is 0 Å². The number of nitrogens with zero attached hydrogens (tertiary/aromatic N) is 2. The van der Waals surface area contributed by atoms with E-state index in [2.05, 4.69) is 12.2 Å². The van der Waals surface area contributed by atoms with Crippen molar-refractivity contribution in [2.45, 2.75) is 39.0 Å². The summed E-state index contributed by atoms with van der Waals surface area (Å²) in [5, 5.41) is 14.7. The molecule has 0 unspecified atom stereocenters. The number of rotatable bonds is 7. The predicted molar refractivity (Wildman–Crippen MR) is 87.1 cm³/mol. The first-order valence-electron chi connectivity index (χ1n) is 7.86. The fourth-order valence-corrected chi connectivity index (χ4v) is 3.11. The molecule has 0 radical (unpaired) electrons. The monoisotopic (exact) mass is 291 g/mol. The van der Waals surface area contributed by atoms with Crippen LogP contribution < -0.4 is 10.2 Å². The van der Waals surface area contributed by atoms with Gasteiger partial charge in [0.05, 0.1) is 4.92 Å². The molecular weight excluding hydrogens is 266 g/mol. The van der Waals surface area contributed by atoms with Gasteiger partial charge in [-0.05, 0) is 37.3 Å². The van der Waals surface area contributed by atoms with Gasteiger partial charge >= 0.3 is 5.69 Å². The van der Waals surface area contributed by atoms with Gasteiger partial charge < -0.3 is 10.2 Å². The zero-order valence-electron chi connectivity index (χ0n) is 13.0. The Labute approximate surface area is 126 Å². The Hall–Kier alpha value is -1.78. The Morgan fingerprint density at radius 3 is 2.71 bits per heavy atom. The van der Waals surface area contributed by atoms with Gasteiger partial charge in [0.2, 0.25) is 0 Å². The average Bonchev–Trinajstić information content (AvgIpc) is 2.97. The number of hydrogen-bond acceptors (Lipinski definition) is 4. The summed E-state index contributed by atoms with van der Waals surface area (Å²) in [6.07, 6.45) is 6.01. The molecule has 1 aliphatic carbocycles. The van der Waals surface area contributed by atoms with Crippen LogP contribution in [-0.4, -0.2) is 25.1 Å². The SMILES string of the molecule is CCCNc1cccc(N(C)CC2CCCC2)c1[N+](=O)[O-]. The van der Waals surface area contributed by atoms with Gasteiger partial charge in [0.1, 0.15) is 11.4 Å². The standard InChI is InChI=1S/C16H25N3O2/c1-3-11-17-14-9-6-10-15(16(14)19(20)21)18(2)12-13-7-4-5-8-13/h6,9-10,13,17H,3-5,7-8,11-12H2,1-2H3. The second-order valence-corrected chi connectivity index (χ2v) is 5.89. The van der Waals surface area contributed by atoms with Gasteiger partial charge in [0.15, 0.2) is 0 Å². The number of nitrogens with one attached hydrogen (secondary N) is 1. The highest BCUT2D eigenvalue weighted by Gasteiger charge is 2.24. The van der Waals surface area contributed by atoms with Crippen LogP contribution in [0.1, 0.15) is 39.0 Å². The second-order valence-electron chi connectivity index (χ2n) is 5.89. The quantitative estimate of drug-likeness (QED) is 0.608. The largest absolute Gasteiger partial charge is 0.379 e. The molecule has 116 valence electrons. The van der Waals surface area contributed by atoms with Crippen molar-refractivity contribution in [2.24, 2.45) is 5.92 Å². The van der Waals surface area contributed by atoms with Crippen molar-refractivity contribution in [1.82, 2.24) is 0 Å². The number of para-hydroxylation sites is 1. The summed E-state index contributed by atoms with van der Waals surface area (Å²) in [6, 6.07) is 5.54. The minimum atomic E-state index is -0.265. The first-order valence-corrected chi connectivity index (χ1v) is 7.86. The van der Waals surface area contributed by atoms with Gasteiger partial charge in [0, 0.05) is 20.1 Å². The molecule has 5 nitrogen and oxygen atoms in total. The molecule has 0 heterocycles. The maximum absolute atomic E-state index is 11.5. The summed E-state index contributed by atoms with van der Waals surface area (Å²) in [7, 11) is 1.96. The summed E-state index contributed by atoms with van der Waals surface area (Å²) in [5.74, 6) is 0.668. The number of hydrogen-bond donors (Lipinski definition) is 1. The predicted octanol–water partition coefficient (Wildman–Crippen LogP) is 4.04. The molecule has 0 amide bonds. The smallest absolute Gasteiger partial charge is 0.315 e. The van der Waals surface area contributed by atoms with E-state index < -0.39 is 0 Å². The molecule has 1 N–H and O–H groups in total. The molecule has 0 aliphatic heterocycles. The van der Waals surface area contributed by atoms with Gasteiger partial charge in [-0.15, -0.1) is 0 Å². The van der Waals surface area contributed by atoms with Crippen LogP contribution in [0.3, 0.4) is 0 Å². The summed E-state index contributed by atoms with van der Waals surface area (Å²) in [5.41, 5.74) is 1.54. The second kappa shape index (κ2) is 7.29. The first-order chi connectivity index (χ1) is 10.1. The average molecular weight is 291 g/mol. The van der Waals surface area contributed by atoms with E-state index in [1.807, 2.05) is 24.1 Å². The van der Waals surface area contributed by atoms with E-state index in [0.717, 1.165) is 19.5 Å². The third kappa shape index (κ3) is 3.86. The molecule has 2 rings (SSSR count). The molecule has 1 saturated carbocycles. The molecule has 0 bridgehead atoms. The lowest BCUT2D eigenvalue weighted by molar-refractivity contribution is -0.383. The number of anilines is 2. The highest BCUT2D eigenvalue weighted by Crippen LogP contribution is 2.36. The van der Waals surface area contributed by atoms with Crippen molar-refractivity contribution in [2.75, 3.05) is 30.4 Å². The highest BCUT2D eigenvalue weighted by molar-refractivity contribution is 5.76. The van der Waals surface area contributed by atoms with Crippen LogP contribution in [0.2, 0.25) is 0 Å². The van der Waals surface area contributed by atoms with Crippen LogP contribution in [-0.2, 0) is 0 Å². The molecule has 1 aromatic carbocycles. The number of nitro groups is 1. The molecule has 0 spiro atoms. The summed E-state index contributed by atoms with van der Waals surface area (Å²) in [4.78, 5) is 13.3. The Kier molecular flexibility index (Phi) is 5.42. The Morgan fingerprint density at radius 1 is 1.38 bits per heavy atom. The molecule has 0 saturated heterocycles. The molecule has 21 heavy (non-hydrogen) atoms. The molecular formula is C16H25N3O2. The van der Waals surface area contributed by atoms with Crippen molar-refractivity contribution in [3.05, 3.63) is 28.3 Å². The minimum Gasteiger partial charge on any atom is -0.379 e. The van der Waals surface area contributed by atoms with Crippen molar-refractivity contribution in [3.63, 3.8) is 0 Å². The van der Waals surface area contributed by atoms with Crippen molar-refractivity contribution < 1.29 is 4.92 Å². The number of nitro benzene ring substituents is 1. The zero-order chi connectivity index (χ0) is 15.2. The normalized spacial score (nSPS) is 15.1. The van der Waals surface area contributed by atoms with Gasteiger partial charge in [-0.1, -0.05) is 25.8 Å². The van der Waals surface area contributed by atoms with E-state index in [1.54, 1.807) is 6.07 Å². The lowest BCUT2D eigenvalue weighted by Gasteiger charge is -2.23. The van der Waals surface area contributed by atoms with Crippen LogP contribution in [0.4, 0.5) is 17.1 Å². The van der Waals surface area contributed by atoms with Crippen LogP contribution >= 0.6 is 0 Å². The summed E-state index contributed by atoms with van der Waals surface area (Å²) < 4.78 is 0. The Bertz CT molecular complexity index is 484. The fourth-order valence-electron chi connectivity index (χ4n) is 3.11. The molecule has 1 aliphatic rings. The van der Waals surface area contributed by atoms with E-state index in [0.29, 0.717) is 17.3 Å². The lowest BCUT2D eigenvalue weighted by Crippen LogP contribution is -2.25. The van der Waals surface area contributed by atoms with E-state index in [-0.39, 0.29) is 10.6 Å². The fraction of sp³-hybridized carbons (Fsp3) is 0.625. The highest BCUT2D eigenvalue weighted by atomic mass is 16.6. The summed E-state index contributed by atoms with van der Waals surface area (Å²) in [6.45, 7) is 3.70. The van der Waals surface area contributed by atoms with Crippen LogP contribution in [0.5, 0.6) is 0 Å². The Morgan fingerprint density at radius 2 is 2.10 bits per heavy atom. The molecule has 5 heteroatoms. The van der Waals surface area contributed by atoms with Crippen LogP contribution in [0, 0.1) is 16.0 Å². The van der Waals surface area contributed by atoms with Gasteiger partial charge in [-0.3, -0.25) is 10.1 Å². The van der Waals surface area contributed by atoms with Crippen molar-refractivity contribution >= 4 is 17.1 Å². The molecule has 0 aromatic heterocycles. The Balaban J connectivity index is 2.21. The van der Waals surface area contributed by atoms with Crippen LogP contribution in [0.15, 0.2) is 18.2 Å². The molecule has 1 fully saturated rings. The molecule has 1 aromatic rings. The molecule has 0 atom stereocenters. The van der Waals surface area contributed by atoms with E-state index >= 15 is 0 Å². The van der Waals surface area contributed by atoms with Crippen molar-refractivity contribution in [1.29, 1.82) is 0 Å². The van der Waals surface area contributed by atoms with Gasteiger partial charge in [-0.25, -0.2) is 0 Å². The van der Waals surface area contributed by atoms with E-state index in [4.69, 9.17) is 0 Å². The topological polar surface area (TPSA) is 58.4 Å². The summed E-state index contributed by atoms with van der Waals surface area (Å²) >= 11 is 0. The number of benzene rings is 1. The van der Waals surface area contributed by atoms with Gasteiger partial charge in [-0.2, -0.15) is 0 Å². The zero-order valence-corrected chi connectivity index (χ0v) is 13.0. The van der Waals surface area contributed by atoms with E-state index in [1.165, 1.54) is 25.7 Å². The van der Waals surface area contributed by atoms with Crippen molar-refractivity contribution in [3.8, 4) is 0 Å². The first kappa shape index (κ1) is 15.6. The maximum atomic E-state index is 11.5. The third-order valence-corrected chi connectivity index (χ3v) is 4.18. The minimum absolute atomic E-state index is 0.200. The lowest BCUT2D eigenvalue weighted by atomic mass is 10.1. The third-order valence-electron chi connectivity index (χ3n) is 4.18. The van der Waals surface area contributed by atoms with Crippen LogP contribution in [0.25, 0.3) is 0 Å².